The highest BCUT2D eigenvalue weighted by atomic mass is 19.4. The number of nitrogens with zero attached hydrogens (tertiary/aromatic N) is 4. The molecule has 1 aromatic heterocycles. The van der Waals surface area contributed by atoms with Crippen LogP contribution < -0.4 is 27.7 Å². The summed E-state index contributed by atoms with van der Waals surface area (Å²) >= 11 is 0. The lowest BCUT2D eigenvalue weighted by atomic mass is 9.82. The molecule has 31 heteroatoms. The summed E-state index contributed by atoms with van der Waals surface area (Å²) in [5.41, 5.74) is 4.58. The summed E-state index contributed by atoms with van der Waals surface area (Å²) in [6.45, 7) is 35.6. The summed E-state index contributed by atoms with van der Waals surface area (Å²) in [5, 5.41) is 28.4. The fourth-order valence-corrected chi connectivity index (χ4v) is 5.73. The van der Waals surface area contributed by atoms with E-state index in [1.54, 1.807) is 153 Å². The van der Waals surface area contributed by atoms with Crippen LogP contribution >= 0.6 is 0 Å². The number of aromatic nitrogens is 2. The molecule has 0 saturated heterocycles. The molecule has 0 saturated carbocycles. The Bertz CT molecular complexity index is 2900. The van der Waals surface area contributed by atoms with Crippen molar-refractivity contribution in [2.45, 2.75) is 218 Å². The monoisotopic (exact) mass is 1320 g/mol. The highest BCUT2D eigenvalue weighted by Gasteiger charge is 2.43. The Balaban J connectivity index is -0.000000516. The standard InChI is InChI=1S/C17H20F3N3O2.C11H18F3NO3.C9H19NO2.C9H15NO2.C7H10F3NO3.C7H11NO2/c1-16(2,10-9-12(24)17(18,19)20)14-13(21)15(25)23(22(14)3)11-7-5-4-6-8-11;1-9(2,3)18-8(17)10(4,5)6-15-7(16)11(12,13)14;2*1-8(2,3)12-7(11)9(4,5)6-10;1-6(2,5(13)14)3-11-4(12)7(8,9)10;1-7(2,3)10-6(9)4-5-8/h4-8H,9-10,21H2,1-3H3;6H2,1-5H3,(H,15,16);6,10H2,1-5H3;1-5H3;3H2,1-2H3,(H,11,12)(H,13,14);4H2,1-3H3. The Morgan fingerprint density at radius 2 is 0.923 bits per heavy atom. The zero-order valence-electron chi connectivity index (χ0n) is 56.2. The van der Waals surface area contributed by atoms with Gasteiger partial charge in [-0.2, -0.15) is 50.0 Å². The maximum atomic E-state index is 12.5. The first-order valence-electron chi connectivity index (χ1n) is 27.7. The van der Waals surface area contributed by atoms with Gasteiger partial charge in [0.15, 0.2) is 0 Å². The Kier molecular flexibility index (Phi) is 34.2. The van der Waals surface area contributed by atoms with Crippen molar-refractivity contribution in [3.63, 3.8) is 0 Å². The van der Waals surface area contributed by atoms with Crippen molar-refractivity contribution in [1.29, 1.82) is 10.5 Å². The smallest absolute Gasteiger partial charge is 0.471 e. The summed E-state index contributed by atoms with van der Waals surface area (Å²) in [6, 6.07) is 12.4. The molecule has 0 radical (unpaired) electrons. The second-order valence-corrected chi connectivity index (χ2v) is 27.2. The number of alkyl halides is 9. The lowest BCUT2D eigenvalue weighted by Gasteiger charge is -2.28. The Labute approximate surface area is 526 Å². The van der Waals surface area contributed by atoms with Gasteiger partial charge in [0.2, 0.25) is 5.78 Å². The Hall–Kier alpha value is -7.70. The number of nitriles is 2. The molecule has 7 N–H and O–H groups in total. The van der Waals surface area contributed by atoms with Crippen LogP contribution in [0.15, 0.2) is 35.1 Å². The van der Waals surface area contributed by atoms with E-state index in [1.807, 2.05) is 26.8 Å². The van der Waals surface area contributed by atoms with E-state index in [0.717, 1.165) is 0 Å². The topological polar surface area (TPSA) is 344 Å². The van der Waals surface area contributed by atoms with Crippen LogP contribution in [0.4, 0.5) is 45.2 Å². The zero-order chi connectivity index (χ0) is 73.5. The largest absolute Gasteiger partial charge is 0.481 e. The number of nitrogens with one attached hydrogen (secondary N) is 2. The maximum Gasteiger partial charge on any atom is 0.471 e. The van der Waals surface area contributed by atoms with Gasteiger partial charge in [0, 0.05) is 38.5 Å². The molecule has 0 unspecified atom stereocenters. The second kappa shape index (κ2) is 34.6. The molecular formula is C60H93F9N8O14. The van der Waals surface area contributed by atoms with Gasteiger partial charge in [-0.3, -0.25) is 47.8 Å². The number of hydrogen-bond acceptors (Lipinski definition) is 17. The predicted octanol–water partition coefficient (Wildman–Crippen LogP) is 10.2. The highest BCUT2D eigenvalue weighted by Crippen LogP contribution is 2.34. The minimum absolute atomic E-state index is 0.0317. The number of anilines is 1. The number of carboxylic acid groups (broad SMARTS) is 1. The van der Waals surface area contributed by atoms with Crippen LogP contribution in [0.3, 0.4) is 0 Å². The summed E-state index contributed by atoms with van der Waals surface area (Å²) < 4.78 is 131. The first-order valence-corrected chi connectivity index (χ1v) is 27.7. The number of nitrogen functional groups attached to an aromatic ring is 1. The number of hydrogen-bond donors (Lipinski definition) is 5. The van der Waals surface area contributed by atoms with Gasteiger partial charge >= 0.3 is 60.2 Å². The fourth-order valence-electron chi connectivity index (χ4n) is 5.73. The molecule has 2 aromatic rings. The van der Waals surface area contributed by atoms with Crippen molar-refractivity contribution in [3.05, 3.63) is 46.4 Å². The highest BCUT2D eigenvalue weighted by molar-refractivity contribution is 5.85. The average Bonchev–Trinajstić information content (AvgIpc) is 1.65. The van der Waals surface area contributed by atoms with Crippen molar-refractivity contribution < 1.29 is 102 Å². The van der Waals surface area contributed by atoms with Gasteiger partial charge in [0.05, 0.1) is 39.8 Å². The summed E-state index contributed by atoms with van der Waals surface area (Å²) in [6.07, 6.45) is -15.7. The molecule has 520 valence electrons. The van der Waals surface area contributed by atoms with E-state index in [9.17, 15) is 82.7 Å². The van der Waals surface area contributed by atoms with Gasteiger partial charge in [-0.15, -0.1) is 0 Å². The number of benzene rings is 1. The molecule has 22 nitrogen and oxygen atoms in total. The molecule has 0 atom stereocenters. The molecule has 0 aliphatic rings. The normalized spacial score (nSPS) is 12.3. The van der Waals surface area contributed by atoms with Gasteiger partial charge < -0.3 is 46.2 Å². The fraction of sp³-hybridized carbons (Fsp3) is 0.683. The van der Waals surface area contributed by atoms with Crippen LogP contribution in [-0.2, 0) is 69.8 Å². The number of para-hydroxylation sites is 1. The van der Waals surface area contributed by atoms with E-state index in [4.69, 9.17) is 46.0 Å². The van der Waals surface area contributed by atoms with Gasteiger partial charge in [-0.1, -0.05) is 32.0 Å². The van der Waals surface area contributed by atoms with Gasteiger partial charge in [0.25, 0.3) is 5.56 Å². The van der Waals surface area contributed by atoms with Gasteiger partial charge in [0.1, 0.15) is 39.9 Å². The number of halogens is 9. The number of carbonyl (C=O) groups is 8. The molecule has 0 spiro atoms. The molecule has 91 heavy (non-hydrogen) atoms. The van der Waals surface area contributed by atoms with E-state index in [1.165, 1.54) is 42.4 Å². The van der Waals surface area contributed by atoms with E-state index >= 15 is 0 Å². The third-order valence-electron chi connectivity index (χ3n) is 11.0. The van der Waals surface area contributed by atoms with Crippen LogP contribution in [0.5, 0.6) is 0 Å². The first kappa shape index (κ1) is 89.7. The van der Waals surface area contributed by atoms with Crippen LogP contribution in [0.25, 0.3) is 5.69 Å². The maximum absolute atomic E-state index is 12.5. The van der Waals surface area contributed by atoms with Crippen LogP contribution in [0, 0.1) is 44.3 Å². The summed E-state index contributed by atoms with van der Waals surface area (Å²) in [4.78, 5) is 100. The Morgan fingerprint density at radius 1 is 0.560 bits per heavy atom. The van der Waals surface area contributed by atoms with E-state index in [0.29, 0.717) is 17.9 Å². The lowest BCUT2D eigenvalue weighted by Crippen LogP contribution is -2.46. The van der Waals surface area contributed by atoms with Crippen molar-refractivity contribution in [2.24, 2.45) is 34.4 Å². The third-order valence-corrected chi connectivity index (χ3v) is 11.0. The van der Waals surface area contributed by atoms with E-state index in [2.05, 4.69) is 0 Å². The quantitative estimate of drug-likeness (QED) is 0.0628. The Morgan fingerprint density at radius 3 is 1.24 bits per heavy atom. The molecule has 2 amide bonds. The predicted molar refractivity (Wildman–Crippen MR) is 318 cm³/mol. The minimum atomic E-state index is -4.98. The second-order valence-electron chi connectivity index (χ2n) is 27.2. The minimum Gasteiger partial charge on any atom is -0.481 e. The number of amides is 2. The van der Waals surface area contributed by atoms with Gasteiger partial charge in [-0.25, -0.2) is 4.68 Å². The number of esters is 4. The number of Topliss-reactive ketones (excluding diaryl/α,β-unsaturated/α-hetero) is 1. The van der Waals surface area contributed by atoms with Crippen LogP contribution in [-0.4, -0.2) is 122 Å². The SMILES string of the molecule is CC(C)(C)OC(=O)C(C)(C)C#N.CC(C)(C)OC(=O)C(C)(C)CN.CC(C)(C)OC(=O)C(C)(C)CNC(=O)C(F)(F)F.CC(C)(C)OC(=O)CC#N.CC(C)(CNC(=O)C(F)(F)F)C(=O)O.Cn1c(C(C)(C)CCC(=O)C(F)(F)F)c(N)c(=O)n1-c1ccccc1. The summed E-state index contributed by atoms with van der Waals surface area (Å²) in [5.74, 6) is -9.11. The van der Waals surface area contributed by atoms with Crippen molar-refractivity contribution in [1.82, 2.24) is 20.0 Å². The molecule has 0 aliphatic carbocycles. The first-order chi connectivity index (χ1) is 40.1. The molecule has 0 aliphatic heterocycles. The van der Waals surface area contributed by atoms with Crippen molar-refractivity contribution in [3.8, 4) is 17.8 Å². The molecular weight excluding hydrogens is 1230 g/mol. The number of nitrogens with two attached hydrogens (primary N) is 2. The molecule has 1 aromatic carbocycles. The summed E-state index contributed by atoms with van der Waals surface area (Å²) in [7, 11) is 1.62. The molecule has 0 fully saturated rings. The van der Waals surface area contributed by atoms with Crippen molar-refractivity contribution in [2.75, 3.05) is 25.4 Å². The van der Waals surface area contributed by atoms with Crippen LogP contribution in [0.2, 0.25) is 0 Å². The van der Waals surface area contributed by atoms with Crippen LogP contribution in [0.1, 0.15) is 177 Å². The number of carboxylic acids is 1. The van der Waals surface area contributed by atoms with E-state index in [-0.39, 0.29) is 24.5 Å². The molecule has 1 heterocycles. The van der Waals surface area contributed by atoms with Crippen molar-refractivity contribution >= 4 is 53.1 Å². The zero-order valence-corrected chi connectivity index (χ0v) is 56.2. The molecule has 0 bridgehead atoms. The third kappa shape index (κ3) is 37.3. The number of rotatable bonds is 15. The number of ketones is 1. The average molecular weight is 1320 g/mol. The number of ether oxygens (including phenoxy) is 4. The lowest BCUT2D eigenvalue weighted by molar-refractivity contribution is -0.175. The molecule has 2 rings (SSSR count). The van der Waals surface area contributed by atoms with E-state index < -0.39 is 135 Å². The number of carbonyl (C=O) groups excluding carboxylic acids is 7. The number of aliphatic carboxylic acids is 1. The van der Waals surface area contributed by atoms with Gasteiger partial charge in [-0.05, 0) is 157 Å².